The van der Waals surface area contributed by atoms with E-state index in [4.69, 9.17) is 5.26 Å². The number of rotatable bonds is 5. The summed E-state index contributed by atoms with van der Waals surface area (Å²) in [5.41, 5.74) is 1.36. The van der Waals surface area contributed by atoms with Crippen LogP contribution in [-0.2, 0) is 0 Å². The van der Waals surface area contributed by atoms with E-state index in [1.165, 1.54) is 12.8 Å². The molecule has 0 amide bonds. The van der Waals surface area contributed by atoms with E-state index in [1.807, 2.05) is 12.1 Å². The van der Waals surface area contributed by atoms with Crippen molar-refractivity contribution >= 4 is 21.6 Å². The molecule has 0 aliphatic carbocycles. The first-order valence-electron chi connectivity index (χ1n) is 6.53. The van der Waals surface area contributed by atoms with E-state index in [0.29, 0.717) is 18.7 Å². The second kappa shape index (κ2) is 6.90. The molecule has 0 aromatic heterocycles. The number of β-amino-alcohol motifs (C(OH)–C–C–N with tert-alkyl or cyclic N) is 1. The first-order valence-corrected chi connectivity index (χ1v) is 7.32. The first kappa shape index (κ1) is 14.3. The number of nitrogens with one attached hydrogen (secondary N) is 1. The van der Waals surface area contributed by atoms with Gasteiger partial charge in [0.05, 0.1) is 17.4 Å². The number of nitrogens with zero attached hydrogens (tertiary/aromatic N) is 2. The molecule has 0 spiro atoms. The molecule has 2 rings (SSSR count). The molecule has 1 heterocycles. The van der Waals surface area contributed by atoms with Crippen LogP contribution in [0.5, 0.6) is 0 Å². The quantitative estimate of drug-likeness (QED) is 0.872. The zero-order valence-electron chi connectivity index (χ0n) is 10.8. The topological polar surface area (TPSA) is 59.3 Å². The third-order valence-electron chi connectivity index (χ3n) is 3.30. The van der Waals surface area contributed by atoms with Crippen LogP contribution >= 0.6 is 15.9 Å². The number of nitriles is 1. The number of aliphatic hydroxyl groups excluding tert-OH is 1. The van der Waals surface area contributed by atoms with Gasteiger partial charge in [-0.15, -0.1) is 0 Å². The molecule has 2 N–H and O–H groups in total. The van der Waals surface area contributed by atoms with Gasteiger partial charge in [0, 0.05) is 17.6 Å². The molecule has 1 aromatic rings. The molecule has 102 valence electrons. The van der Waals surface area contributed by atoms with Crippen molar-refractivity contribution in [1.82, 2.24) is 4.90 Å². The Morgan fingerprint density at radius 2 is 2.16 bits per heavy atom. The van der Waals surface area contributed by atoms with Gasteiger partial charge in [-0.3, -0.25) is 0 Å². The molecule has 0 bridgehead atoms. The molecular weight excluding hydrogens is 306 g/mol. The van der Waals surface area contributed by atoms with Crippen LogP contribution in [0.15, 0.2) is 22.7 Å². The third kappa shape index (κ3) is 4.20. The highest BCUT2D eigenvalue weighted by molar-refractivity contribution is 9.10. The molecule has 0 radical (unpaired) electrons. The van der Waals surface area contributed by atoms with Crippen molar-refractivity contribution in [2.45, 2.75) is 18.9 Å². The van der Waals surface area contributed by atoms with E-state index in [0.717, 1.165) is 23.2 Å². The SMILES string of the molecule is N#Cc1cc(Br)ccc1NCC(O)CN1CCCC1. The van der Waals surface area contributed by atoms with Gasteiger partial charge in [-0.1, -0.05) is 15.9 Å². The summed E-state index contributed by atoms with van der Waals surface area (Å²) in [7, 11) is 0. The Labute approximate surface area is 122 Å². The maximum absolute atomic E-state index is 9.99. The fraction of sp³-hybridized carbons (Fsp3) is 0.500. The van der Waals surface area contributed by atoms with Gasteiger partial charge in [-0.2, -0.15) is 5.26 Å². The lowest BCUT2D eigenvalue weighted by Gasteiger charge is -2.20. The largest absolute Gasteiger partial charge is 0.390 e. The maximum atomic E-state index is 9.99. The number of anilines is 1. The highest BCUT2D eigenvalue weighted by Crippen LogP contribution is 2.20. The van der Waals surface area contributed by atoms with Crippen LogP contribution in [0.25, 0.3) is 0 Å². The lowest BCUT2D eigenvalue weighted by atomic mass is 10.2. The molecule has 1 aromatic carbocycles. The normalized spacial score (nSPS) is 17.1. The highest BCUT2D eigenvalue weighted by Gasteiger charge is 2.15. The summed E-state index contributed by atoms with van der Waals surface area (Å²) in [4.78, 5) is 2.28. The average Bonchev–Trinajstić information content (AvgIpc) is 2.90. The summed E-state index contributed by atoms with van der Waals surface area (Å²) in [6.45, 7) is 3.33. The summed E-state index contributed by atoms with van der Waals surface area (Å²) >= 11 is 3.34. The molecule has 4 nitrogen and oxygen atoms in total. The molecule has 1 aliphatic heterocycles. The van der Waals surface area contributed by atoms with Crippen molar-refractivity contribution in [2.75, 3.05) is 31.5 Å². The van der Waals surface area contributed by atoms with Crippen molar-refractivity contribution in [1.29, 1.82) is 5.26 Å². The van der Waals surface area contributed by atoms with Crippen LogP contribution in [-0.4, -0.2) is 42.3 Å². The van der Waals surface area contributed by atoms with Crippen molar-refractivity contribution in [3.05, 3.63) is 28.2 Å². The van der Waals surface area contributed by atoms with Crippen LogP contribution in [0.4, 0.5) is 5.69 Å². The van der Waals surface area contributed by atoms with E-state index >= 15 is 0 Å². The van der Waals surface area contributed by atoms with Crippen LogP contribution in [0.3, 0.4) is 0 Å². The number of hydrogen-bond acceptors (Lipinski definition) is 4. The molecule has 1 fully saturated rings. The summed E-state index contributed by atoms with van der Waals surface area (Å²) in [6.07, 6.45) is 2.05. The van der Waals surface area contributed by atoms with Gasteiger partial charge in [0.15, 0.2) is 0 Å². The standard InChI is InChI=1S/C14H18BrN3O/c15-12-3-4-14(11(7-12)8-16)17-9-13(19)10-18-5-1-2-6-18/h3-4,7,13,17,19H,1-2,5-6,9-10H2. The van der Waals surface area contributed by atoms with E-state index in [-0.39, 0.29) is 0 Å². The lowest BCUT2D eigenvalue weighted by Crippen LogP contribution is -2.34. The van der Waals surface area contributed by atoms with Gasteiger partial charge in [-0.25, -0.2) is 0 Å². The molecule has 1 unspecified atom stereocenters. The van der Waals surface area contributed by atoms with E-state index in [2.05, 4.69) is 32.2 Å². The lowest BCUT2D eigenvalue weighted by molar-refractivity contribution is 0.135. The summed E-state index contributed by atoms with van der Waals surface area (Å²) in [5.74, 6) is 0. The Kier molecular flexibility index (Phi) is 5.20. The Hall–Kier alpha value is -1.09. The van der Waals surface area contributed by atoms with Gasteiger partial charge in [0.25, 0.3) is 0 Å². The molecule has 1 saturated heterocycles. The monoisotopic (exact) mass is 323 g/mol. The zero-order valence-corrected chi connectivity index (χ0v) is 12.4. The predicted molar refractivity (Wildman–Crippen MR) is 79.0 cm³/mol. The molecule has 0 saturated carbocycles. The summed E-state index contributed by atoms with van der Waals surface area (Å²) in [5, 5.41) is 22.2. The Morgan fingerprint density at radius 3 is 2.84 bits per heavy atom. The molecule has 19 heavy (non-hydrogen) atoms. The van der Waals surface area contributed by atoms with Crippen molar-refractivity contribution in [3.63, 3.8) is 0 Å². The van der Waals surface area contributed by atoms with E-state index in [1.54, 1.807) is 6.07 Å². The predicted octanol–water partition coefficient (Wildman–Crippen LogP) is 2.19. The van der Waals surface area contributed by atoms with Gasteiger partial charge in [0.1, 0.15) is 6.07 Å². The fourth-order valence-corrected chi connectivity index (χ4v) is 2.68. The number of hydrogen-bond donors (Lipinski definition) is 2. The molecule has 1 atom stereocenters. The second-order valence-electron chi connectivity index (χ2n) is 4.84. The number of likely N-dealkylation sites (tertiary alicyclic amines) is 1. The van der Waals surface area contributed by atoms with Crippen molar-refractivity contribution in [3.8, 4) is 6.07 Å². The van der Waals surface area contributed by atoms with E-state index < -0.39 is 6.10 Å². The smallest absolute Gasteiger partial charge is 0.101 e. The van der Waals surface area contributed by atoms with Gasteiger partial charge in [-0.05, 0) is 44.1 Å². The van der Waals surface area contributed by atoms with Crippen LogP contribution in [0.1, 0.15) is 18.4 Å². The fourth-order valence-electron chi connectivity index (χ4n) is 2.32. The Bertz CT molecular complexity index is 466. The summed E-state index contributed by atoms with van der Waals surface area (Å²) < 4.78 is 0.882. The number of aliphatic hydroxyl groups is 1. The zero-order chi connectivity index (χ0) is 13.7. The second-order valence-corrected chi connectivity index (χ2v) is 5.76. The van der Waals surface area contributed by atoms with Crippen LogP contribution in [0.2, 0.25) is 0 Å². The average molecular weight is 324 g/mol. The van der Waals surface area contributed by atoms with Crippen LogP contribution in [0, 0.1) is 11.3 Å². The van der Waals surface area contributed by atoms with Gasteiger partial charge < -0.3 is 15.3 Å². The van der Waals surface area contributed by atoms with Crippen molar-refractivity contribution in [2.24, 2.45) is 0 Å². The minimum Gasteiger partial charge on any atom is -0.390 e. The van der Waals surface area contributed by atoms with Gasteiger partial charge >= 0.3 is 0 Å². The summed E-state index contributed by atoms with van der Waals surface area (Å²) in [6, 6.07) is 7.66. The maximum Gasteiger partial charge on any atom is 0.101 e. The minimum atomic E-state index is -0.409. The van der Waals surface area contributed by atoms with Crippen molar-refractivity contribution < 1.29 is 5.11 Å². The highest BCUT2D eigenvalue weighted by atomic mass is 79.9. The molecule has 1 aliphatic rings. The number of halogens is 1. The minimum absolute atomic E-state index is 0.409. The number of benzene rings is 1. The third-order valence-corrected chi connectivity index (χ3v) is 3.79. The molecular formula is C14H18BrN3O. The Morgan fingerprint density at radius 1 is 1.42 bits per heavy atom. The first-order chi connectivity index (χ1) is 9.19. The Balaban J connectivity index is 1.86. The molecule has 5 heteroatoms. The van der Waals surface area contributed by atoms with Crippen LogP contribution < -0.4 is 5.32 Å². The van der Waals surface area contributed by atoms with Gasteiger partial charge in [0.2, 0.25) is 0 Å². The van der Waals surface area contributed by atoms with E-state index in [9.17, 15) is 5.11 Å².